The van der Waals surface area contributed by atoms with E-state index in [2.05, 4.69) is 18.3 Å². The predicted octanol–water partition coefficient (Wildman–Crippen LogP) is 3.66. The molecule has 3 nitrogen and oxygen atoms in total. The van der Waals surface area contributed by atoms with Crippen LogP contribution in [0.5, 0.6) is 0 Å². The zero-order valence-electron chi connectivity index (χ0n) is 9.84. The van der Waals surface area contributed by atoms with Crippen LogP contribution in [0.3, 0.4) is 0 Å². The quantitative estimate of drug-likeness (QED) is 0.908. The first-order chi connectivity index (χ1) is 8.74. The Labute approximate surface area is 110 Å². The van der Waals surface area contributed by atoms with Gasteiger partial charge in [0.25, 0.3) is 0 Å². The lowest BCUT2D eigenvalue weighted by atomic mass is 10.1. The molecule has 0 saturated carbocycles. The van der Waals surface area contributed by atoms with E-state index in [1.807, 2.05) is 29.7 Å². The van der Waals surface area contributed by atoms with E-state index in [1.165, 1.54) is 4.88 Å². The van der Waals surface area contributed by atoms with E-state index in [9.17, 15) is 0 Å². The molecule has 0 aliphatic heterocycles. The summed E-state index contributed by atoms with van der Waals surface area (Å²) in [6, 6.07) is 13.5. The maximum Gasteiger partial charge on any atom is 0.101 e. The fraction of sp³-hybridized carbons (Fsp3) is 0.143. The molecule has 0 aliphatic carbocycles. The largest absolute Gasteiger partial charge is 0.378 e. The van der Waals surface area contributed by atoms with Gasteiger partial charge in [0.05, 0.1) is 17.2 Å². The molecule has 0 amide bonds. The van der Waals surface area contributed by atoms with Crippen molar-refractivity contribution in [2.45, 2.75) is 13.0 Å². The maximum absolute atomic E-state index is 8.97. The molecule has 0 fully saturated rings. The molecule has 1 N–H and O–H groups in total. The number of rotatable bonds is 3. The summed E-state index contributed by atoms with van der Waals surface area (Å²) in [5.41, 5.74) is 1.67. The van der Waals surface area contributed by atoms with E-state index < -0.39 is 0 Å². The van der Waals surface area contributed by atoms with E-state index >= 15 is 0 Å². The van der Waals surface area contributed by atoms with Crippen LogP contribution in [0.4, 0.5) is 5.69 Å². The fourth-order valence-electron chi connectivity index (χ4n) is 1.68. The van der Waals surface area contributed by atoms with Crippen LogP contribution in [0.1, 0.15) is 29.0 Å². The molecule has 18 heavy (non-hydrogen) atoms. The topological polar surface area (TPSA) is 59.6 Å². The van der Waals surface area contributed by atoms with Gasteiger partial charge in [-0.15, -0.1) is 11.3 Å². The number of nitrogens with one attached hydrogen (secondary N) is 1. The molecule has 4 heteroatoms. The lowest BCUT2D eigenvalue weighted by Gasteiger charge is -2.14. The summed E-state index contributed by atoms with van der Waals surface area (Å²) in [4.78, 5) is 1.23. The second-order valence-corrected chi connectivity index (χ2v) is 4.84. The van der Waals surface area contributed by atoms with Gasteiger partial charge in [-0.2, -0.15) is 10.5 Å². The molecule has 1 atom stereocenters. The van der Waals surface area contributed by atoms with Crippen LogP contribution >= 0.6 is 11.3 Å². The minimum absolute atomic E-state index is 0.185. The molecule has 1 heterocycles. The molecule has 0 radical (unpaired) electrons. The average molecular weight is 253 g/mol. The Bertz CT molecular complexity index is 617. The molecule has 1 aromatic carbocycles. The summed E-state index contributed by atoms with van der Waals surface area (Å²) < 4.78 is 0. The van der Waals surface area contributed by atoms with Gasteiger partial charge in [0, 0.05) is 10.6 Å². The molecular weight excluding hydrogens is 242 g/mol. The highest BCUT2D eigenvalue weighted by molar-refractivity contribution is 7.10. The number of benzene rings is 1. The Balaban J connectivity index is 2.21. The van der Waals surface area contributed by atoms with E-state index in [-0.39, 0.29) is 6.04 Å². The Morgan fingerprint density at radius 3 is 2.56 bits per heavy atom. The highest BCUT2D eigenvalue weighted by Gasteiger charge is 2.08. The Kier molecular flexibility index (Phi) is 3.62. The second-order valence-electron chi connectivity index (χ2n) is 3.87. The highest BCUT2D eigenvalue weighted by atomic mass is 32.1. The van der Waals surface area contributed by atoms with E-state index in [1.54, 1.807) is 23.5 Å². The third-order valence-electron chi connectivity index (χ3n) is 2.61. The molecule has 1 aromatic heterocycles. The van der Waals surface area contributed by atoms with Gasteiger partial charge in [0.15, 0.2) is 0 Å². The monoisotopic (exact) mass is 253 g/mol. The average Bonchev–Trinajstić information content (AvgIpc) is 2.92. The van der Waals surface area contributed by atoms with Gasteiger partial charge >= 0.3 is 0 Å². The number of nitrogens with zero attached hydrogens (tertiary/aromatic N) is 2. The minimum Gasteiger partial charge on any atom is -0.378 e. The Hall–Kier alpha value is -2.30. The van der Waals surface area contributed by atoms with Crippen LogP contribution in [0.2, 0.25) is 0 Å². The van der Waals surface area contributed by atoms with Crippen LogP contribution in [-0.4, -0.2) is 0 Å². The SMILES string of the molecule is CC(Nc1ccc(C#N)c(C#N)c1)c1cccs1. The molecular formula is C14H11N3S. The molecule has 0 spiro atoms. The molecule has 88 valence electrons. The number of hydrogen-bond acceptors (Lipinski definition) is 4. The summed E-state index contributed by atoms with van der Waals surface area (Å²) in [7, 11) is 0. The van der Waals surface area contributed by atoms with Gasteiger partial charge in [0.2, 0.25) is 0 Å². The normalized spacial score (nSPS) is 11.3. The van der Waals surface area contributed by atoms with Crippen molar-refractivity contribution in [2.24, 2.45) is 0 Å². The molecule has 2 rings (SSSR count). The Morgan fingerprint density at radius 2 is 1.94 bits per heavy atom. The maximum atomic E-state index is 8.97. The third-order valence-corrected chi connectivity index (χ3v) is 3.67. The predicted molar refractivity (Wildman–Crippen MR) is 72.2 cm³/mol. The van der Waals surface area contributed by atoms with Crippen molar-refractivity contribution >= 4 is 17.0 Å². The van der Waals surface area contributed by atoms with Crippen molar-refractivity contribution in [3.05, 3.63) is 51.7 Å². The highest BCUT2D eigenvalue weighted by Crippen LogP contribution is 2.24. The van der Waals surface area contributed by atoms with E-state index in [4.69, 9.17) is 10.5 Å². The van der Waals surface area contributed by atoms with Crippen molar-refractivity contribution in [2.75, 3.05) is 5.32 Å². The van der Waals surface area contributed by atoms with Crippen LogP contribution in [0.25, 0.3) is 0 Å². The van der Waals surface area contributed by atoms with E-state index in [0.29, 0.717) is 11.1 Å². The van der Waals surface area contributed by atoms with Crippen molar-refractivity contribution < 1.29 is 0 Å². The van der Waals surface area contributed by atoms with Gasteiger partial charge in [-0.3, -0.25) is 0 Å². The smallest absolute Gasteiger partial charge is 0.101 e. The van der Waals surface area contributed by atoms with Crippen LogP contribution in [0.15, 0.2) is 35.7 Å². The fourth-order valence-corrected chi connectivity index (χ4v) is 2.42. The minimum atomic E-state index is 0.185. The lowest BCUT2D eigenvalue weighted by Crippen LogP contribution is -2.05. The lowest BCUT2D eigenvalue weighted by molar-refractivity contribution is 0.908. The van der Waals surface area contributed by atoms with Crippen LogP contribution < -0.4 is 5.32 Å². The molecule has 0 bridgehead atoms. The van der Waals surface area contributed by atoms with Crippen molar-refractivity contribution in [1.82, 2.24) is 0 Å². The van der Waals surface area contributed by atoms with Gasteiger partial charge < -0.3 is 5.32 Å². The zero-order valence-corrected chi connectivity index (χ0v) is 10.7. The summed E-state index contributed by atoms with van der Waals surface area (Å²) in [5.74, 6) is 0. The first-order valence-corrected chi connectivity index (χ1v) is 6.36. The summed E-state index contributed by atoms with van der Waals surface area (Å²) in [6.45, 7) is 2.07. The molecule has 0 aliphatic rings. The summed E-state index contributed by atoms with van der Waals surface area (Å²) >= 11 is 1.69. The second kappa shape index (κ2) is 5.35. The van der Waals surface area contributed by atoms with E-state index in [0.717, 1.165) is 5.69 Å². The van der Waals surface area contributed by atoms with Gasteiger partial charge in [-0.25, -0.2) is 0 Å². The van der Waals surface area contributed by atoms with Gasteiger partial charge in [-0.05, 0) is 36.6 Å². The first-order valence-electron chi connectivity index (χ1n) is 5.49. The van der Waals surface area contributed by atoms with Crippen molar-refractivity contribution in [1.29, 1.82) is 10.5 Å². The Morgan fingerprint density at radius 1 is 1.17 bits per heavy atom. The number of nitriles is 2. The number of thiophene rings is 1. The summed E-state index contributed by atoms with van der Waals surface area (Å²) in [5, 5.41) is 23.2. The molecule has 0 saturated heterocycles. The van der Waals surface area contributed by atoms with Crippen LogP contribution in [0, 0.1) is 22.7 Å². The van der Waals surface area contributed by atoms with Crippen molar-refractivity contribution in [3.8, 4) is 12.1 Å². The molecule has 2 aromatic rings. The summed E-state index contributed by atoms with van der Waals surface area (Å²) in [6.07, 6.45) is 0. The van der Waals surface area contributed by atoms with Crippen molar-refractivity contribution in [3.63, 3.8) is 0 Å². The third kappa shape index (κ3) is 2.51. The van der Waals surface area contributed by atoms with Gasteiger partial charge in [-0.1, -0.05) is 6.07 Å². The van der Waals surface area contributed by atoms with Crippen LogP contribution in [-0.2, 0) is 0 Å². The van der Waals surface area contributed by atoms with Gasteiger partial charge in [0.1, 0.15) is 12.1 Å². The molecule has 1 unspecified atom stereocenters. The number of hydrogen-bond donors (Lipinski definition) is 1. The standard InChI is InChI=1S/C14H11N3S/c1-10(14-3-2-6-18-14)17-13-5-4-11(8-15)12(7-13)9-16/h2-7,10,17H,1H3. The first kappa shape index (κ1) is 12.2. The zero-order chi connectivity index (χ0) is 13.0. The number of anilines is 1.